The smallest absolute Gasteiger partial charge is 0.185 e. The standard InChI is InChI=1S/C3HCl5F2.C3HCl4F3/c2*4-1(5)2(6,7)3(8,9)10/h2*1H. The SMILES string of the molecule is FC(F)(Cl)C(Cl)(Cl)C(Cl)Cl.FC(F)(F)C(Cl)(Cl)C(Cl)Cl. The van der Waals surface area contributed by atoms with Crippen LogP contribution in [0.3, 0.4) is 0 Å². The summed E-state index contributed by atoms with van der Waals surface area (Å²) >= 11 is 43.5. The van der Waals surface area contributed by atoms with Crippen molar-refractivity contribution >= 4 is 104 Å². The molecule has 0 atom stereocenters. The molecule has 0 fully saturated rings. The number of hydrogen-bond acceptors (Lipinski definition) is 0. The van der Waals surface area contributed by atoms with Crippen LogP contribution in [0.1, 0.15) is 0 Å². The molecule has 0 radical (unpaired) electrons. The van der Waals surface area contributed by atoms with E-state index in [0.29, 0.717) is 0 Å². The van der Waals surface area contributed by atoms with Crippen molar-refractivity contribution in [1.82, 2.24) is 0 Å². The third kappa shape index (κ3) is 7.22. The van der Waals surface area contributed by atoms with Gasteiger partial charge in [0, 0.05) is 0 Å². The molecule has 0 spiro atoms. The van der Waals surface area contributed by atoms with E-state index in [0.717, 1.165) is 0 Å². The van der Waals surface area contributed by atoms with Gasteiger partial charge in [-0.3, -0.25) is 0 Å². The van der Waals surface area contributed by atoms with Crippen LogP contribution in [0.5, 0.6) is 0 Å². The second-order valence-electron chi connectivity index (χ2n) is 2.84. The summed E-state index contributed by atoms with van der Waals surface area (Å²) in [6.07, 6.45) is -4.82. The molecule has 0 saturated heterocycles. The van der Waals surface area contributed by atoms with Gasteiger partial charge in [0.2, 0.25) is 8.67 Å². The normalized spacial score (nSPS) is 14.4. The Morgan fingerprint density at radius 2 is 0.800 bits per heavy atom. The highest BCUT2D eigenvalue weighted by Crippen LogP contribution is 2.47. The van der Waals surface area contributed by atoms with E-state index in [2.05, 4.69) is 11.6 Å². The van der Waals surface area contributed by atoms with E-state index in [4.69, 9.17) is 92.8 Å². The largest absolute Gasteiger partial charge is 0.424 e. The summed E-state index contributed by atoms with van der Waals surface area (Å²) in [4.78, 5) is -3.54. The van der Waals surface area contributed by atoms with E-state index in [9.17, 15) is 22.0 Å². The zero-order valence-corrected chi connectivity index (χ0v) is 15.2. The topological polar surface area (TPSA) is 0 Å². The van der Waals surface area contributed by atoms with Gasteiger partial charge in [-0.05, 0) is 11.6 Å². The monoisotopic (exact) mass is 484 g/mol. The Balaban J connectivity index is 0. The summed E-state index contributed by atoms with van der Waals surface area (Å²) in [5, 5.41) is -3.84. The number of alkyl halides is 14. The van der Waals surface area contributed by atoms with Crippen molar-refractivity contribution in [2.45, 2.75) is 29.9 Å². The van der Waals surface area contributed by atoms with Crippen molar-refractivity contribution in [3.05, 3.63) is 0 Å². The van der Waals surface area contributed by atoms with Gasteiger partial charge in [-0.2, -0.15) is 22.0 Å². The molecule has 14 heteroatoms. The second kappa shape index (κ2) is 8.39. The van der Waals surface area contributed by atoms with Crippen molar-refractivity contribution in [3.63, 3.8) is 0 Å². The van der Waals surface area contributed by atoms with Gasteiger partial charge in [0.25, 0.3) is 0 Å². The third-order valence-electron chi connectivity index (χ3n) is 1.30. The van der Waals surface area contributed by atoms with Gasteiger partial charge in [-0.25, -0.2) is 0 Å². The molecule has 0 saturated carbocycles. The predicted octanol–water partition coefficient (Wildman–Crippen LogP) is 7.32. The first-order valence-electron chi connectivity index (χ1n) is 3.84. The van der Waals surface area contributed by atoms with Crippen molar-refractivity contribution < 1.29 is 22.0 Å². The van der Waals surface area contributed by atoms with Gasteiger partial charge in [0.15, 0.2) is 0 Å². The fraction of sp³-hybridized carbons (Fsp3) is 1.00. The maximum Gasteiger partial charge on any atom is 0.424 e. The van der Waals surface area contributed by atoms with Gasteiger partial charge >= 0.3 is 11.6 Å². The lowest BCUT2D eigenvalue weighted by molar-refractivity contribution is -0.138. The average molecular weight is 488 g/mol. The van der Waals surface area contributed by atoms with Gasteiger partial charge in [0.1, 0.15) is 9.67 Å². The Kier molecular flexibility index (Phi) is 10.3. The van der Waals surface area contributed by atoms with Crippen LogP contribution in [-0.2, 0) is 0 Å². The van der Waals surface area contributed by atoms with E-state index in [1.54, 1.807) is 0 Å². The highest BCUT2D eigenvalue weighted by Gasteiger charge is 2.57. The fourth-order valence-electron chi connectivity index (χ4n) is 0.247. The first-order valence-corrected chi connectivity index (χ1v) is 7.48. The summed E-state index contributed by atoms with van der Waals surface area (Å²) in [6, 6.07) is 0. The molecule has 0 aromatic carbocycles. The highest BCUT2D eigenvalue weighted by atomic mass is 35.5. The predicted molar refractivity (Wildman–Crippen MR) is 76.7 cm³/mol. The van der Waals surface area contributed by atoms with E-state index >= 15 is 0 Å². The molecule has 0 heterocycles. The van der Waals surface area contributed by atoms with Crippen LogP contribution in [0, 0.1) is 0 Å². The maximum absolute atomic E-state index is 12.1. The second-order valence-corrected chi connectivity index (χ2v) is 8.28. The van der Waals surface area contributed by atoms with Crippen molar-refractivity contribution in [2.75, 3.05) is 0 Å². The number of rotatable bonds is 3. The van der Waals surface area contributed by atoms with E-state index in [1.165, 1.54) is 0 Å². The molecule has 0 aliphatic carbocycles. The molecule has 0 aromatic heterocycles. The molecule has 124 valence electrons. The Labute approximate surface area is 155 Å². The summed E-state index contributed by atoms with van der Waals surface area (Å²) in [6.45, 7) is 0. The van der Waals surface area contributed by atoms with Crippen molar-refractivity contribution in [2.24, 2.45) is 0 Å². The zero-order valence-electron chi connectivity index (χ0n) is 8.45. The summed E-state index contributed by atoms with van der Waals surface area (Å²) in [7, 11) is 0. The first kappa shape index (κ1) is 24.5. The maximum atomic E-state index is 12.1. The Bertz CT molecular complexity index is 264. The van der Waals surface area contributed by atoms with Crippen LogP contribution < -0.4 is 0 Å². The minimum atomic E-state index is -4.82. The molecule has 0 nitrogen and oxygen atoms in total. The molecular formula is C6H2Cl9F5. The molecule has 20 heavy (non-hydrogen) atoms. The lowest BCUT2D eigenvalue weighted by Gasteiger charge is -2.24. The van der Waals surface area contributed by atoms with E-state index < -0.39 is 29.9 Å². The Hall–Kier alpha value is 2.26. The molecule has 0 aromatic rings. The lowest BCUT2D eigenvalue weighted by Crippen LogP contribution is -2.39. The summed E-state index contributed by atoms with van der Waals surface area (Å²) in [5.41, 5.74) is 0. The quantitative estimate of drug-likeness (QED) is 0.289. The molecule has 0 bridgehead atoms. The fourth-order valence-corrected chi connectivity index (χ4v) is 0.990. The minimum absolute atomic E-state index is 1.65. The van der Waals surface area contributed by atoms with Crippen LogP contribution in [-0.4, -0.2) is 29.9 Å². The van der Waals surface area contributed by atoms with Crippen molar-refractivity contribution in [1.29, 1.82) is 0 Å². The van der Waals surface area contributed by atoms with Crippen LogP contribution in [0.4, 0.5) is 22.0 Å². The van der Waals surface area contributed by atoms with Crippen LogP contribution in [0.15, 0.2) is 0 Å². The van der Waals surface area contributed by atoms with Crippen LogP contribution in [0.2, 0.25) is 0 Å². The van der Waals surface area contributed by atoms with Gasteiger partial charge < -0.3 is 0 Å². The summed E-state index contributed by atoms with van der Waals surface area (Å²) in [5.74, 6) is 0. The molecule has 0 aliphatic heterocycles. The Morgan fingerprint density at radius 3 is 0.800 bits per heavy atom. The van der Waals surface area contributed by atoms with E-state index in [-0.39, 0.29) is 0 Å². The average Bonchev–Trinajstić information content (AvgIpc) is 2.14. The Morgan fingerprint density at radius 1 is 0.550 bits per heavy atom. The molecule has 0 rings (SSSR count). The first-order chi connectivity index (χ1) is 8.39. The van der Waals surface area contributed by atoms with Crippen LogP contribution in [0.25, 0.3) is 0 Å². The molecular weight excluding hydrogens is 486 g/mol. The van der Waals surface area contributed by atoms with Crippen LogP contribution >= 0.6 is 104 Å². The molecule has 0 aliphatic rings. The van der Waals surface area contributed by atoms with Gasteiger partial charge in [-0.15, -0.1) is 46.4 Å². The lowest BCUT2D eigenvalue weighted by atomic mass is 10.4. The van der Waals surface area contributed by atoms with Crippen molar-refractivity contribution in [3.8, 4) is 0 Å². The van der Waals surface area contributed by atoms with E-state index in [1.807, 2.05) is 0 Å². The molecule has 0 N–H and O–H groups in total. The molecule has 0 amide bonds. The zero-order chi connectivity index (χ0) is 17.2. The number of hydrogen-bond donors (Lipinski definition) is 0. The third-order valence-corrected chi connectivity index (χ3v) is 5.77. The van der Waals surface area contributed by atoms with Gasteiger partial charge in [0.05, 0.1) is 0 Å². The highest BCUT2D eigenvalue weighted by molar-refractivity contribution is 6.62. The number of halogens is 14. The molecule has 0 unspecified atom stereocenters. The summed E-state index contributed by atoms with van der Waals surface area (Å²) < 4.78 is 53.4. The van der Waals surface area contributed by atoms with Gasteiger partial charge in [-0.1, -0.05) is 46.4 Å². The minimum Gasteiger partial charge on any atom is -0.185 e.